The van der Waals surface area contributed by atoms with Gasteiger partial charge >= 0.3 is 5.69 Å². The molecule has 0 unspecified atom stereocenters. The number of hydrogen-bond donors (Lipinski definition) is 3. The van der Waals surface area contributed by atoms with Crippen LogP contribution in [0.3, 0.4) is 0 Å². The van der Waals surface area contributed by atoms with E-state index in [1.807, 2.05) is 0 Å². The smallest absolute Gasteiger partial charge is 0.353 e. The summed E-state index contributed by atoms with van der Waals surface area (Å²) < 4.78 is 10.5. The molecule has 3 heterocycles. The normalized spacial score (nSPS) is 14.8. The first kappa shape index (κ1) is 18.9. The summed E-state index contributed by atoms with van der Waals surface area (Å²) in [7, 11) is 0. The summed E-state index contributed by atoms with van der Waals surface area (Å²) in [6, 6.07) is 3.50. The second kappa shape index (κ2) is 9.14. The summed E-state index contributed by atoms with van der Waals surface area (Å²) in [5.41, 5.74) is 5.43. The minimum absolute atomic E-state index is 0.0552. The SMILES string of the molecule is Nc1nc(NCCCN2CCOCC2)nc(NCc2ccco2)c1[N+](=O)[O-]. The number of morpholine rings is 1. The molecule has 1 fully saturated rings. The third kappa shape index (κ3) is 5.28. The zero-order valence-electron chi connectivity index (χ0n) is 14.9. The van der Waals surface area contributed by atoms with Crippen LogP contribution in [0.4, 0.5) is 23.3 Å². The Kier molecular flexibility index (Phi) is 6.39. The van der Waals surface area contributed by atoms with Crippen molar-refractivity contribution < 1.29 is 14.1 Å². The molecule has 0 saturated carbocycles. The Bertz CT molecular complexity index is 747. The molecule has 0 spiro atoms. The lowest BCUT2D eigenvalue weighted by Gasteiger charge is -2.26. The molecule has 4 N–H and O–H groups in total. The van der Waals surface area contributed by atoms with E-state index in [0.717, 1.165) is 39.3 Å². The average Bonchev–Trinajstić information content (AvgIpc) is 3.17. The fraction of sp³-hybridized carbons (Fsp3) is 0.500. The highest BCUT2D eigenvalue weighted by Crippen LogP contribution is 2.29. The Hall–Kier alpha value is -2.92. The van der Waals surface area contributed by atoms with Crippen molar-refractivity contribution in [1.82, 2.24) is 14.9 Å². The molecule has 11 heteroatoms. The quantitative estimate of drug-likeness (QED) is 0.332. The lowest BCUT2D eigenvalue weighted by molar-refractivity contribution is -0.383. The summed E-state index contributed by atoms with van der Waals surface area (Å²) in [5, 5.41) is 17.3. The van der Waals surface area contributed by atoms with Gasteiger partial charge in [-0.05, 0) is 25.1 Å². The predicted molar refractivity (Wildman–Crippen MR) is 99.5 cm³/mol. The lowest BCUT2D eigenvalue weighted by atomic mass is 10.3. The number of nitrogens with two attached hydrogens (primary N) is 1. The highest BCUT2D eigenvalue weighted by molar-refractivity contribution is 5.69. The van der Waals surface area contributed by atoms with Gasteiger partial charge in [0.1, 0.15) is 5.76 Å². The molecule has 27 heavy (non-hydrogen) atoms. The van der Waals surface area contributed by atoms with Crippen molar-refractivity contribution in [3.05, 3.63) is 34.3 Å². The Morgan fingerprint density at radius 1 is 1.30 bits per heavy atom. The van der Waals surface area contributed by atoms with Crippen LogP contribution in [0.15, 0.2) is 22.8 Å². The first-order valence-electron chi connectivity index (χ1n) is 8.75. The average molecular weight is 377 g/mol. The molecule has 0 aromatic carbocycles. The van der Waals surface area contributed by atoms with E-state index in [9.17, 15) is 10.1 Å². The van der Waals surface area contributed by atoms with Gasteiger partial charge in [-0.3, -0.25) is 15.0 Å². The highest BCUT2D eigenvalue weighted by atomic mass is 16.6. The molecule has 0 aliphatic carbocycles. The van der Waals surface area contributed by atoms with Crippen LogP contribution in [-0.4, -0.2) is 59.2 Å². The molecule has 1 saturated heterocycles. The molecular weight excluding hydrogens is 354 g/mol. The van der Waals surface area contributed by atoms with Gasteiger partial charge in [0, 0.05) is 19.6 Å². The number of nitrogens with zero attached hydrogens (tertiary/aromatic N) is 4. The molecule has 11 nitrogen and oxygen atoms in total. The molecule has 0 radical (unpaired) electrons. The summed E-state index contributed by atoms with van der Waals surface area (Å²) in [6.45, 7) is 5.21. The minimum Gasteiger partial charge on any atom is -0.467 e. The number of rotatable bonds is 9. The van der Waals surface area contributed by atoms with Crippen molar-refractivity contribution in [2.24, 2.45) is 0 Å². The van der Waals surface area contributed by atoms with E-state index >= 15 is 0 Å². The lowest BCUT2D eigenvalue weighted by Crippen LogP contribution is -2.37. The van der Waals surface area contributed by atoms with Gasteiger partial charge in [0.05, 0.1) is 30.9 Å². The maximum atomic E-state index is 11.3. The number of nitrogen functional groups attached to an aromatic ring is 1. The first-order chi connectivity index (χ1) is 13.1. The van der Waals surface area contributed by atoms with Gasteiger partial charge in [0.25, 0.3) is 0 Å². The second-order valence-electron chi connectivity index (χ2n) is 6.05. The zero-order chi connectivity index (χ0) is 19.1. The van der Waals surface area contributed by atoms with E-state index in [1.54, 1.807) is 12.1 Å². The number of ether oxygens (including phenoxy) is 1. The van der Waals surface area contributed by atoms with Gasteiger partial charge in [-0.1, -0.05) is 0 Å². The van der Waals surface area contributed by atoms with Crippen LogP contribution in [-0.2, 0) is 11.3 Å². The van der Waals surface area contributed by atoms with Crippen LogP contribution >= 0.6 is 0 Å². The zero-order valence-corrected chi connectivity index (χ0v) is 14.9. The van der Waals surface area contributed by atoms with Gasteiger partial charge in [-0.2, -0.15) is 9.97 Å². The summed E-state index contributed by atoms with van der Waals surface area (Å²) in [4.78, 5) is 21.2. The van der Waals surface area contributed by atoms with E-state index in [2.05, 4.69) is 25.5 Å². The highest BCUT2D eigenvalue weighted by Gasteiger charge is 2.23. The van der Waals surface area contributed by atoms with E-state index in [0.29, 0.717) is 12.3 Å². The topological polar surface area (TPSA) is 145 Å². The fourth-order valence-electron chi connectivity index (χ4n) is 2.77. The maximum Gasteiger partial charge on any atom is 0.353 e. The third-order valence-electron chi connectivity index (χ3n) is 4.14. The molecule has 0 amide bonds. The molecule has 2 aromatic rings. The van der Waals surface area contributed by atoms with Crippen LogP contribution < -0.4 is 16.4 Å². The van der Waals surface area contributed by atoms with E-state index in [1.165, 1.54) is 6.26 Å². The molecule has 2 aromatic heterocycles. The van der Waals surface area contributed by atoms with E-state index < -0.39 is 4.92 Å². The van der Waals surface area contributed by atoms with E-state index in [-0.39, 0.29) is 29.8 Å². The molecule has 1 aliphatic rings. The van der Waals surface area contributed by atoms with Crippen molar-refractivity contribution in [2.75, 3.05) is 55.8 Å². The fourth-order valence-corrected chi connectivity index (χ4v) is 2.77. The Morgan fingerprint density at radius 3 is 2.81 bits per heavy atom. The maximum absolute atomic E-state index is 11.3. The summed E-state index contributed by atoms with van der Waals surface area (Å²) in [5.74, 6) is 0.746. The molecule has 3 rings (SSSR count). The minimum atomic E-state index is -0.595. The van der Waals surface area contributed by atoms with Gasteiger partial charge in [-0.15, -0.1) is 0 Å². The Labute approximate surface area is 156 Å². The van der Waals surface area contributed by atoms with Crippen molar-refractivity contribution in [2.45, 2.75) is 13.0 Å². The van der Waals surface area contributed by atoms with Gasteiger partial charge in [-0.25, -0.2) is 0 Å². The molecule has 1 aliphatic heterocycles. The number of hydrogen-bond acceptors (Lipinski definition) is 10. The number of nitro groups is 1. The van der Waals surface area contributed by atoms with Crippen molar-refractivity contribution >= 4 is 23.3 Å². The molecule has 146 valence electrons. The van der Waals surface area contributed by atoms with Crippen molar-refractivity contribution in [1.29, 1.82) is 0 Å². The van der Waals surface area contributed by atoms with Crippen molar-refractivity contribution in [3.8, 4) is 0 Å². The molecular formula is C16H23N7O4. The largest absolute Gasteiger partial charge is 0.467 e. The second-order valence-corrected chi connectivity index (χ2v) is 6.05. The predicted octanol–water partition coefficient (Wildman–Crippen LogP) is 1.31. The monoisotopic (exact) mass is 377 g/mol. The number of aromatic nitrogens is 2. The van der Waals surface area contributed by atoms with Crippen LogP contribution in [0.1, 0.15) is 12.2 Å². The van der Waals surface area contributed by atoms with Crippen molar-refractivity contribution in [3.63, 3.8) is 0 Å². The standard InChI is InChI=1S/C16H23N7O4/c17-14-13(23(24)25)15(19-11-12-3-1-8-27-12)21-16(20-14)18-4-2-5-22-6-9-26-10-7-22/h1,3,8H,2,4-7,9-11H2,(H4,17,18,19,20,21). The van der Waals surface area contributed by atoms with Crippen LogP contribution in [0, 0.1) is 10.1 Å². The Balaban J connectivity index is 1.59. The van der Waals surface area contributed by atoms with Crippen LogP contribution in [0.2, 0.25) is 0 Å². The van der Waals surface area contributed by atoms with E-state index in [4.69, 9.17) is 14.9 Å². The van der Waals surface area contributed by atoms with Crippen LogP contribution in [0.25, 0.3) is 0 Å². The third-order valence-corrected chi connectivity index (χ3v) is 4.14. The first-order valence-corrected chi connectivity index (χ1v) is 8.75. The number of furan rings is 1. The van der Waals surface area contributed by atoms with Gasteiger partial charge in [0.15, 0.2) is 0 Å². The van der Waals surface area contributed by atoms with Gasteiger partial charge in [0.2, 0.25) is 17.6 Å². The molecule has 0 atom stereocenters. The number of nitrogens with one attached hydrogen (secondary N) is 2. The van der Waals surface area contributed by atoms with Gasteiger partial charge < -0.3 is 25.5 Å². The summed E-state index contributed by atoms with van der Waals surface area (Å²) in [6.07, 6.45) is 2.41. The molecule has 0 bridgehead atoms. The Morgan fingerprint density at radius 2 is 2.11 bits per heavy atom. The van der Waals surface area contributed by atoms with Crippen LogP contribution in [0.5, 0.6) is 0 Å². The number of anilines is 3. The summed E-state index contributed by atoms with van der Waals surface area (Å²) >= 11 is 0.